The van der Waals surface area contributed by atoms with Crippen molar-refractivity contribution in [2.45, 2.75) is 45.7 Å². The molecule has 5 rings (SSSR count). The van der Waals surface area contributed by atoms with Gasteiger partial charge < -0.3 is 14.8 Å². The zero-order valence-electron chi connectivity index (χ0n) is 19.3. The normalized spacial score (nSPS) is 13.1. The monoisotopic (exact) mass is 469 g/mol. The summed E-state index contributed by atoms with van der Waals surface area (Å²) in [5.41, 5.74) is 5.74. The molecule has 1 fully saturated rings. The third-order valence-electron chi connectivity index (χ3n) is 6.25. The molecule has 0 atom stereocenters. The second-order valence-corrected chi connectivity index (χ2v) is 8.91. The summed E-state index contributed by atoms with van der Waals surface area (Å²) in [7, 11) is 0. The summed E-state index contributed by atoms with van der Waals surface area (Å²) in [6.45, 7) is 4.37. The highest BCUT2D eigenvalue weighted by Gasteiger charge is 2.26. The summed E-state index contributed by atoms with van der Waals surface area (Å²) in [5, 5.41) is 29.6. The molecular formula is C25H23N7O3. The average Bonchev–Trinajstić information content (AvgIpc) is 3.43. The summed E-state index contributed by atoms with van der Waals surface area (Å²) in [4.78, 5) is 28.9. The summed E-state index contributed by atoms with van der Waals surface area (Å²) in [5.74, 6) is -0.963. The van der Waals surface area contributed by atoms with Gasteiger partial charge in [-0.3, -0.25) is 4.79 Å². The van der Waals surface area contributed by atoms with Crippen LogP contribution in [-0.4, -0.2) is 41.4 Å². The van der Waals surface area contributed by atoms with Crippen molar-refractivity contribution in [1.29, 1.82) is 5.26 Å². The van der Waals surface area contributed by atoms with Gasteiger partial charge in [0.15, 0.2) is 11.3 Å². The Bertz CT molecular complexity index is 1500. The molecule has 1 aliphatic rings. The maximum Gasteiger partial charge on any atom is 0.339 e. The number of hydrogen-bond acceptors (Lipinski definition) is 6. The Labute approximate surface area is 200 Å². The molecule has 1 amide bonds. The lowest BCUT2D eigenvalue weighted by Gasteiger charge is -2.11. The van der Waals surface area contributed by atoms with Gasteiger partial charge in [0.05, 0.1) is 30.1 Å². The smallest absolute Gasteiger partial charge is 0.339 e. The molecule has 10 heteroatoms. The minimum atomic E-state index is -1.01. The number of carbonyl (C=O) groups is 2. The molecule has 2 N–H and O–H groups in total. The molecule has 4 aromatic rings. The van der Waals surface area contributed by atoms with Crippen molar-refractivity contribution >= 4 is 17.5 Å². The number of hydrogen-bond donors (Lipinski definition) is 2. The number of nitrogens with zero attached hydrogens (tertiary/aromatic N) is 6. The van der Waals surface area contributed by atoms with Crippen LogP contribution in [0.3, 0.4) is 0 Å². The predicted molar refractivity (Wildman–Crippen MR) is 125 cm³/mol. The first-order valence-corrected chi connectivity index (χ1v) is 11.3. The number of nitriles is 1. The van der Waals surface area contributed by atoms with Crippen LogP contribution in [-0.2, 0) is 13.1 Å². The summed E-state index contributed by atoms with van der Waals surface area (Å²) >= 11 is 0. The van der Waals surface area contributed by atoms with Gasteiger partial charge in [-0.25, -0.2) is 14.5 Å². The quantitative estimate of drug-likeness (QED) is 0.424. The number of aromatic nitrogens is 5. The highest BCUT2D eigenvalue weighted by molar-refractivity contribution is 5.94. The second-order valence-electron chi connectivity index (χ2n) is 8.91. The molecule has 0 aliphatic heterocycles. The lowest BCUT2D eigenvalue weighted by atomic mass is 9.99. The fraction of sp³-hybridized carbons (Fsp3) is 0.280. The van der Waals surface area contributed by atoms with E-state index in [1.165, 1.54) is 10.9 Å². The number of aryl methyl sites for hydroxylation is 2. The van der Waals surface area contributed by atoms with Gasteiger partial charge in [-0.05, 0) is 73.1 Å². The highest BCUT2D eigenvalue weighted by Crippen LogP contribution is 2.40. The van der Waals surface area contributed by atoms with Crippen LogP contribution in [0.25, 0.3) is 5.65 Å². The Hall–Kier alpha value is -4.52. The minimum Gasteiger partial charge on any atom is -0.478 e. The summed E-state index contributed by atoms with van der Waals surface area (Å²) in [6, 6.07) is 7.43. The number of rotatable bonds is 7. The van der Waals surface area contributed by atoms with Crippen molar-refractivity contribution in [3.8, 4) is 6.07 Å². The molecule has 3 heterocycles. The van der Waals surface area contributed by atoms with E-state index in [1.807, 2.05) is 20.0 Å². The Kier molecular flexibility index (Phi) is 5.53. The number of nitrogens with one attached hydrogen (secondary N) is 1. The number of aromatic carboxylic acids is 1. The van der Waals surface area contributed by atoms with Gasteiger partial charge in [-0.1, -0.05) is 5.21 Å². The van der Waals surface area contributed by atoms with E-state index >= 15 is 0 Å². The molecular weight excluding hydrogens is 446 g/mol. The van der Waals surface area contributed by atoms with Crippen molar-refractivity contribution in [3.05, 3.63) is 81.6 Å². The zero-order chi connectivity index (χ0) is 24.7. The zero-order valence-corrected chi connectivity index (χ0v) is 19.3. The van der Waals surface area contributed by atoms with Crippen molar-refractivity contribution in [1.82, 2.24) is 29.7 Å². The molecule has 1 aliphatic carbocycles. The fourth-order valence-corrected chi connectivity index (χ4v) is 4.29. The number of carbonyl (C=O) groups excluding carboxylic acids is 1. The van der Waals surface area contributed by atoms with E-state index in [1.54, 1.807) is 28.8 Å². The first-order chi connectivity index (χ1) is 16.8. The first kappa shape index (κ1) is 22.3. The first-order valence-electron chi connectivity index (χ1n) is 11.3. The van der Waals surface area contributed by atoms with Gasteiger partial charge in [0.2, 0.25) is 0 Å². The van der Waals surface area contributed by atoms with E-state index in [0.29, 0.717) is 29.4 Å². The van der Waals surface area contributed by atoms with Gasteiger partial charge in [0, 0.05) is 18.9 Å². The van der Waals surface area contributed by atoms with Crippen molar-refractivity contribution < 1.29 is 14.7 Å². The number of imidazole rings is 1. The van der Waals surface area contributed by atoms with Crippen LogP contribution in [0.2, 0.25) is 0 Å². The SMILES string of the molecule is Cc1cc(C#N)cc(C)c1CNC(=O)c1cn(Cc2cn3cc(C4CC4)cc(C(=O)O)c3n2)nn1. The highest BCUT2D eigenvalue weighted by atomic mass is 16.4. The van der Waals surface area contributed by atoms with Crippen LogP contribution in [0.4, 0.5) is 0 Å². The number of carboxylic acid groups (broad SMARTS) is 1. The predicted octanol–water partition coefficient (Wildman–Crippen LogP) is 2.97. The van der Waals surface area contributed by atoms with Crippen LogP contribution < -0.4 is 5.32 Å². The number of pyridine rings is 1. The van der Waals surface area contributed by atoms with Gasteiger partial charge >= 0.3 is 5.97 Å². The van der Waals surface area contributed by atoms with Crippen LogP contribution in [0, 0.1) is 25.2 Å². The van der Waals surface area contributed by atoms with Gasteiger partial charge in [0.25, 0.3) is 5.91 Å². The molecule has 0 radical (unpaired) electrons. The van der Waals surface area contributed by atoms with E-state index in [9.17, 15) is 14.7 Å². The van der Waals surface area contributed by atoms with E-state index in [0.717, 1.165) is 35.1 Å². The Morgan fingerprint density at radius 2 is 1.91 bits per heavy atom. The second kappa shape index (κ2) is 8.68. The molecule has 3 aromatic heterocycles. The third kappa shape index (κ3) is 4.48. The molecule has 35 heavy (non-hydrogen) atoms. The molecule has 0 spiro atoms. The lowest BCUT2D eigenvalue weighted by Crippen LogP contribution is -2.24. The topological polar surface area (TPSA) is 138 Å². The number of benzene rings is 1. The maximum atomic E-state index is 12.6. The largest absolute Gasteiger partial charge is 0.478 e. The summed E-state index contributed by atoms with van der Waals surface area (Å²) in [6.07, 6.45) is 7.39. The van der Waals surface area contributed by atoms with Gasteiger partial charge in [-0.15, -0.1) is 5.10 Å². The molecule has 0 bridgehead atoms. The lowest BCUT2D eigenvalue weighted by molar-refractivity contribution is 0.0698. The average molecular weight is 470 g/mol. The van der Waals surface area contributed by atoms with E-state index < -0.39 is 5.97 Å². The Morgan fingerprint density at radius 1 is 1.17 bits per heavy atom. The van der Waals surface area contributed by atoms with Gasteiger partial charge in [-0.2, -0.15) is 5.26 Å². The van der Waals surface area contributed by atoms with Crippen molar-refractivity contribution in [3.63, 3.8) is 0 Å². The van der Waals surface area contributed by atoms with Crippen LogP contribution in [0.5, 0.6) is 0 Å². The number of carboxylic acids is 1. The molecule has 0 saturated heterocycles. The molecule has 1 aromatic carbocycles. The minimum absolute atomic E-state index is 0.167. The number of fused-ring (bicyclic) bond motifs is 1. The standard InChI is InChI=1S/C25H23N7O3/c1-14-5-16(8-26)6-15(2)21(14)9-27-24(33)22-13-32(30-29-22)12-19-11-31-10-18(17-3-4-17)7-20(25(34)35)23(31)28-19/h5-7,10-11,13,17H,3-4,9,12H2,1-2H3,(H,27,33)(H,34,35). The molecule has 10 nitrogen and oxygen atoms in total. The maximum absolute atomic E-state index is 12.6. The van der Waals surface area contributed by atoms with E-state index in [-0.39, 0.29) is 23.7 Å². The van der Waals surface area contributed by atoms with Gasteiger partial charge in [0.1, 0.15) is 5.56 Å². The Balaban J connectivity index is 1.30. The molecule has 0 unspecified atom stereocenters. The molecule has 1 saturated carbocycles. The van der Waals surface area contributed by atoms with Crippen LogP contribution in [0.15, 0.2) is 36.8 Å². The number of amides is 1. The van der Waals surface area contributed by atoms with E-state index in [4.69, 9.17) is 5.26 Å². The Morgan fingerprint density at radius 3 is 2.57 bits per heavy atom. The van der Waals surface area contributed by atoms with Crippen LogP contribution >= 0.6 is 0 Å². The van der Waals surface area contributed by atoms with Crippen LogP contribution in [0.1, 0.15) is 73.1 Å². The fourth-order valence-electron chi connectivity index (χ4n) is 4.29. The molecule has 176 valence electrons. The summed E-state index contributed by atoms with van der Waals surface area (Å²) < 4.78 is 3.25. The van der Waals surface area contributed by atoms with Crippen molar-refractivity contribution in [2.24, 2.45) is 0 Å². The van der Waals surface area contributed by atoms with E-state index in [2.05, 4.69) is 26.7 Å². The third-order valence-corrected chi connectivity index (χ3v) is 6.25. The van der Waals surface area contributed by atoms with Crippen molar-refractivity contribution in [2.75, 3.05) is 0 Å².